The van der Waals surface area contributed by atoms with Gasteiger partial charge in [0.15, 0.2) is 11.3 Å². The number of nitro groups is 1. The van der Waals surface area contributed by atoms with E-state index in [1.165, 1.54) is 6.42 Å². The Morgan fingerprint density at radius 1 is 1.30 bits per heavy atom. The van der Waals surface area contributed by atoms with Gasteiger partial charge in [-0.15, -0.1) is 0 Å². The molecule has 0 N–H and O–H groups in total. The summed E-state index contributed by atoms with van der Waals surface area (Å²) >= 11 is 0. The van der Waals surface area contributed by atoms with Gasteiger partial charge in [-0.1, -0.05) is 31.4 Å². The number of methoxy groups -OCH3 is 1. The molecule has 3 rings (SSSR count). The minimum atomic E-state index is -0.413. The van der Waals surface area contributed by atoms with E-state index < -0.39 is 4.92 Å². The Morgan fingerprint density at radius 3 is 2.70 bits per heavy atom. The van der Waals surface area contributed by atoms with Crippen LogP contribution in [0, 0.1) is 10.1 Å². The van der Waals surface area contributed by atoms with Gasteiger partial charge in [-0.2, -0.15) is 0 Å². The molecule has 1 aliphatic rings. The van der Waals surface area contributed by atoms with Crippen LogP contribution in [0.1, 0.15) is 43.6 Å². The van der Waals surface area contributed by atoms with Gasteiger partial charge in [0, 0.05) is 5.39 Å². The molecule has 0 amide bonds. The highest BCUT2D eigenvalue weighted by molar-refractivity contribution is 5.89. The third kappa shape index (κ3) is 2.03. The summed E-state index contributed by atoms with van der Waals surface area (Å²) in [7, 11) is 1.55. The van der Waals surface area contributed by atoms with Gasteiger partial charge in [0.2, 0.25) is 0 Å². The minimum Gasteiger partial charge on any atom is -0.493 e. The lowest BCUT2D eigenvalue weighted by Crippen LogP contribution is -2.06. The third-order valence-corrected chi connectivity index (χ3v) is 4.10. The second-order valence-corrected chi connectivity index (χ2v) is 5.25. The van der Waals surface area contributed by atoms with E-state index in [9.17, 15) is 10.1 Å². The predicted molar refractivity (Wildman–Crippen MR) is 75.2 cm³/mol. The van der Waals surface area contributed by atoms with Crippen LogP contribution in [0.4, 0.5) is 5.88 Å². The average Bonchev–Trinajstić information content (AvgIpc) is 2.87. The van der Waals surface area contributed by atoms with Crippen molar-refractivity contribution in [3.05, 3.63) is 33.9 Å². The Kier molecular flexibility index (Phi) is 3.34. The van der Waals surface area contributed by atoms with Gasteiger partial charge in [0.25, 0.3) is 0 Å². The fourth-order valence-corrected chi connectivity index (χ4v) is 3.18. The number of benzene rings is 1. The van der Waals surface area contributed by atoms with Gasteiger partial charge in [-0.25, -0.2) is 0 Å². The van der Waals surface area contributed by atoms with Crippen molar-refractivity contribution in [2.45, 2.75) is 38.0 Å². The van der Waals surface area contributed by atoms with Crippen LogP contribution in [0.25, 0.3) is 11.0 Å². The van der Waals surface area contributed by atoms with Crippen molar-refractivity contribution in [2.75, 3.05) is 7.11 Å². The van der Waals surface area contributed by atoms with Crippen molar-refractivity contribution >= 4 is 16.9 Å². The fraction of sp³-hybridized carbons (Fsp3) is 0.467. The van der Waals surface area contributed by atoms with E-state index in [4.69, 9.17) is 9.15 Å². The Morgan fingerprint density at radius 2 is 2.05 bits per heavy atom. The van der Waals surface area contributed by atoms with Crippen LogP contribution in [-0.4, -0.2) is 12.0 Å². The molecular weight excluding hydrogens is 258 g/mol. The molecule has 0 spiro atoms. The molecular formula is C15H17NO4. The molecule has 0 bridgehead atoms. The number of para-hydroxylation sites is 1. The van der Waals surface area contributed by atoms with Gasteiger partial charge in [0.1, 0.15) is 4.92 Å². The van der Waals surface area contributed by atoms with E-state index in [2.05, 4.69) is 0 Å². The van der Waals surface area contributed by atoms with Gasteiger partial charge in [-0.3, -0.25) is 10.1 Å². The molecule has 1 aromatic heterocycles. The first-order valence-corrected chi connectivity index (χ1v) is 6.96. The van der Waals surface area contributed by atoms with Crippen LogP contribution in [0.15, 0.2) is 22.6 Å². The average molecular weight is 275 g/mol. The molecule has 1 fully saturated rings. The van der Waals surface area contributed by atoms with E-state index >= 15 is 0 Å². The zero-order valence-corrected chi connectivity index (χ0v) is 11.4. The van der Waals surface area contributed by atoms with Crippen molar-refractivity contribution in [3.8, 4) is 5.75 Å². The summed E-state index contributed by atoms with van der Waals surface area (Å²) in [4.78, 5) is 10.9. The van der Waals surface area contributed by atoms with Crippen molar-refractivity contribution in [2.24, 2.45) is 0 Å². The van der Waals surface area contributed by atoms with Gasteiger partial charge in [-0.05, 0) is 24.8 Å². The first-order valence-electron chi connectivity index (χ1n) is 6.96. The molecule has 0 unspecified atom stereocenters. The first-order chi connectivity index (χ1) is 9.72. The molecule has 0 atom stereocenters. The maximum absolute atomic E-state index is 11.3. The Balaban J connectivity index is 2.21. The lowest BCUT2D eigenvalue weighted by molar-refractivity contribution is -0.402. The standard InChI is InChI=1S/C15H17NO4/c1-19-12-9-5-8-11-13(10-6-3-2-4-7-10)15(16(17)18)20-14(11)12/h5,8-10H,2-4,6-7H2,1H3. The number of ether oxygens (including phenoxy) is 1. The normalized spacial score (nSPS) is 16.4. The van der Waals surface area contributed by atoms with E-state index in [1.54, 1.807) is 13.2 Å². The van der Waals surface area contributed by atoms with Crippen LogP contribution in [-0.2, 0) is 0 Å². The number of furan rings is 1. The number of fused-ring (bicyclic) bond motifs is 1. The molecule has 1 saturated carbocycles. The van der Waals surface area contributed by atoms with Crippen molar-refractivity contribution in [3.63, 3.8) is 0 Å². The molecule has 1 aromatic carbocycles. The largest absolute Gasteiger partial charge is 0.493 e. The third-order valence-electron chi connectivity index (χ3n) is 4.10. The van der Waals surface area contributed by atoms with E-state index in [1.807, 2.05) is 12.1 Å². The number of rotatable bonds is 3. The van der Waals surface area contributed by atoms with Crippen molar-refractivity contribution in [1.29, 1.82) is 0 Å². The van der Waals surface area contributed by atoms with Crippen LogP contribution >= 0.6 is 0 Å². The zero-order chi connectivity index (χ0) is 14.1. The summed E-state index contributed by atoms with van der Waals surface area (Å²) in [5.74, 6) is 0.654. The van der Waals surface area contributed by atoms with E-state index in [0.717, 1.165) is 36.6 Å². The highest BCUT2D eigenvalue weighted by atomic mass is 16.6. The summed E-state index contributed by atoms with van der Waals surface area (Å²) in [5, 5.41) is 12.1. The summed E-state index contributed by atoms with van der Waals surface area (Å²) in [5.41, 5.74) is 1.24. The van der Waals surface area contributed by atoms with Crippen LogP contribution in [0.2, 0.25) is 0 Å². The lowest BCUT2D eigenvalue weighted by Gasteiger charge is -2.19. The second kappa shape index (κ2) is 5.15. The minimum absolute atomic E-state index is 0.114. The molecule has 20 heavy (non-hydrogen) atoms. The monoisotopic (exact) mass is 275 g/mol. The first kappa shape index (κ1) is 13.0. The molecule has 5 heteroatoms. The SMILES string of the molecule is COc1cccc2c(C3CCCCC3)c([N+](=O)[O-])oc12. The van der Waals surface area contributed by atoms with Gasteiger partial charge in [0.05, 0.1) is 12.7 Å². The molecule has 1 aliphatic carbocycles. The summed E-state index contributed by atoms with van der Waals surface area (Å²) in [6.45, 7) is 0. The summed E-state index contributed by atoms with van der Waals surface area (Å²) in [6.07, 6.45) is 5.44. The summed E-state index contributed by atoms with van der Waals surface area (Å²) in [6, 6.07) is 5.51. The van der Waals surface area contributed by atoms with Gasteiger partial charge < -0.3 is 9.15 Å². The highest BCUT2D eigenvalue weighted by Crippen LogP contribution is 2.45. The Bertz CT molecular complexity index is 641. The van der Waals surface area contributed by atoms with Crippen LogP contribution < -0.4 is 4.74 Å². The molecule has 2 aromatic rings. The Labute approximate surface area is 116 Å². The molecule has 0 aliphatic heterocycles. The van der Waals surface area contributed by atoms with E-state index in [-0.39, 0.29) is 11.8 Å². The van der Waals surface area contributed by atoms with E-state index in [0.29, 0.717) is 11.3 Å². The molecule has 5 nitrogen and oxygen atoms in total. The molecule has 1 heterocycles. The predicted octanol–water partition coefficient (Wildman–Crippen LogP) is 4.40. The number of hydrogen-bond acceptors (Lipinski definition) is 4. The lowest BCUT2D eigenvalue weighted by atomic mass is 9.83. The Hall–Kier alpha value is -2.04. The molecule has 106 valence electrons. The zero-order valence-electron chi connectivity index (χ0n) is 11.4. The highest BCUT2D eigenvalue weighted by Gasteiger charge is 2.32. The van der Waals surface area contributed by atoms with Crippen molar-refractivity contribution in [1.82, 2.24) is 0 Å². The quantitative estimate of drug-likeness (QED) is 0.615. The van der Waals surface area contributed by atoms with Crippen LogP contribution in [0.5, 0.6) is 5.75 Å². The number of nitrogens with zero attached hydrogens (tertiary/aromatic N) is 1. The fourth-order valence-electron chi connectivity index (χ4n) is 3.18. The topological polar surface area (TPSA) is 65.5 Å². The van der Waals surface area contributed by atoms with Crippen molar-refractivity contribution < 1.29 is 14.1 Å². The number of hydrogen-bond donors (Lipinski definition) is 0. The maximum atomic E-state index is 11.3. The molecule has 0 saturated heterocycles. The summed E-state index contributed by atoms with van der Waals surface area (Å²) < 4.78 is 10.8. The maximum Gasteiger partial charge on any atom is 0.437 e. The van der Waals surface area contributed by atoms with Crippen LogP contribution in [0.3, 0.4) is 0 Å². The molecule has 0 radical (unpaired) electrons. The smallest absolute Gasteiger partial charge is 0.437 e. The second-order valence-electron chi connectivity index (χ2n) is 5.25. The van der Waals surface area contributed by atoms with Gasteiger partial charge >= 0.3 is 5.88 Å².